The van der Waals surface area contributed by atoms with Crippen LogP contribution < -0.4 is 11.1 Å². The first-order valence-electron chi connectivity index (χ1n) is 9.38. The zero-order chi connectivity index (χ0) is 21.8. The number of hydrogen-bond donors (Lipinski definition) is 3. The summed E-state index contributed by atoms with van der Waals surface area (Å²) in [4.78, 5) is 24.0. The number of nitrogens with two attached hydrogens (primary N) is 1. The van der Waals surface area contributed by atoms with Gasteiger partial charge in [-0.15, -0.1) is 10.2 Å². The highest BCUT2D eigenvalue weighted by Gasteiger charge is 2.20. The van der Waals surface area contributed by atoms with Crippen molar-refractivity contribution in [3.63, 3.8) is 0 Å². The van der Waals surface area contributed by atoms with Crippen LogP contribution in [0.25, 0.3) is 17.1 Å². The monoisotopic (exact) mass is 433 g/mol. The quantitative estimate of drug-likeness (QED) is 0.384. The van der Waals surface area contributed by atoms with E-state index in [0.29, 0.717) is 16.7 Å². The summed E-state index contributed by atoms with van der Waals surface area (Å²) in [5, 5.41) is 18.4. The number of carbonyl (C=O) groups is 2. The Bertz CT molecular complexity index is 1220. The molecule has 0 bridgehead atoms. The van der Waals surface area contributed by atoms with E-state index in [0.717, 1.165) is 11.3 Å². The number of anilines is 1. The van der Waals surface area contributed by atoms with Gasteiger partial charge in [0.2, 0.25) is 5.91 Å². The summed E-state index contributed by atoms with van der Waals surface area (Å²) in [5.41, 5.74) is 7.94. The molecular weight excluding hydrogens is 414 g/mol. The van der Waals surface area contributed by atoms with Crippen molar-refractivity contribution in [2.45, 2.75) is 12.1 Å². The van der Waals surface area contributed by atoms with Crippen LogP contribution in [-0.4, -0.2) is 42.5 Å². The molecule has 156 valence electrons. The molecule has 0 saturated carbocycles. The first kappa shape index (κ1) is 20.4. The average Bonchev–Trinajstić information content (AvgIpc) is 3.37. The minimum atomic E-state index is -0.719. The Morgan fingerprint density at radius 1 is 1.06 bits per heavy atom. The van der Waals surface area contributed by atoms with Crippen molar-refractivity contribution in [3.8, 4) is 17.1 Å². The summed E-state index contributed by atoms with van der Waals surface area (Å²) in [6.45, 7) is 1.69. The molecule has 0 radical (unpaired) electrons. The Morgan fingerprint density at radius 2 is 1.74 bits per heavy atom. The topological polar surface area (TPSA) is 132 Å². The maximum atomic E-state index is 12.6. The number of H-pyrrole nitrogens is 1. The third-order valence-electron chi connectivity index (χ3n) is 4.46. The van der Waals surface area contributed by atoms with E-state index in [1.807, 2.05) is 65.2 Å². The lowest BCUT2D eigenvalue weighted by molar-refractivity contribution is -0.113. The molecule has 9 nitrogen and oxygen atoms in total. The highest BCUT2D eigenvalue weighted by atomic mass is 32.2. The lowest BCUT2D eigenvalue weighted by Crippen LogP contribution is -2.19. The first-order valence-corrected chi connectivity index (χ1v) is 10.4. The van der Waals surface area contributed by atoms with E-state index < -0.39 is 5.91 Å². The van der Waals surface area contributed by atoms with Crippen LogP contribution in [0.3, 0.4) is 0 Å². The normalized spacial score (nSPS) is 10.7. The molecule has 4 N–H and O–H groups in total. The molecule has 2 amide bonds. The number of primary amides is 1. The number of aromatic amines is 1. The maximum absolute atomic E-state index is 12.6. The molecule has 2 aromatic carbocycles. The summed E-state index contributed by atoms with van der Waals surface area (Å²) >= 11 is 1.24. The van der Waals surface area contributed by atoms with E-state index in [4.69, 9.17) is 5.73 Å². The number of hydrogen-bond acceptors (Lipinski definition) is 6. The second-order valence-corrected chi connectivity index (χ2v) is 7.56. The van der Waals surface area contributed by atoms with E-state index in [1.165, 1.54) is 11.8 Å². The molecule has 0 aliphatic rings. The van der Waals surface area contributed by atoms with Crippen LogP contribution in [0.4, 0.5) is 5.69 Å². The minimum absolute atomic E-state index is 0.00494. The van der Waals surface area contributed by atoms with Gasteiger partial charge in [-0.3, -0.25) is 19.3 Å². The van der Waals surface area contributed by atoms with Gasteiger partial charge in [-0.1, -0.05) is 60.3 Å². The Hall–Kier alpha value is -3.92. The lowest BCUT2D eigenvalue weighted by atomic mass is 10.2. The molecule has 0 spiro atoms. The number of thioether (sulfide) groups is 1. The molecular formula is C21H19N7O2S. The number of aromatic nitrogens is 5. The number of amides is 2. The predicted molar refractivity (Wildman–Crippen MR) is 118 cm³/mol. The van der Waals surface area contributed by atoms with Crippen molar-refractivity contribution in [1.82, 2.24) is 25.0 Å². The van der Waals surface area contributed by atoms with Crippen LogP contribution in [0.15, 0.2) is 65.8 Å². The van der Waals surface area contributed by atoms with Crippen LogP contribution in [0, 0.1) is 6.92 Å². The fourth-order valence-electron chi connectivity index (χ4n) is 3.01. The van der Waals surface area contributed by atoms with Gasteiger partial charge in [0.15, 0.2) is 16.7 Å². The van der Waals surface area contributed by atoms with Gasteiger partial charge in [-0.25, -0.2) is 0 Å². The van der Waals surface area contributed by atoms with Gasteiger partial charge in [-0.05, 0) is 19.1 Å². The summed E-state index contributed by atoms with van der Waals surface area (Å²) in [6.07, 6.45) is 0. The smallest absolute Gasteiger partial charge is 0.271 e. The highest BCUT2D eigenvalue weighted by Crippen LogP contribution is 2.28. The lowest BCUT2D eigenvalue weighted by Gasteiger charge is -2.10. The number of nitrogens with one attached hydrogen (secondary N) is 2. The molecule has 0 aliphatic heterocycles. The molecule has 0 fully saturated rings. The molecule has 4 rings (SSSR count). The maximum Gasteiger partial charge on any atom is 0.271 e. The van der Waals surface area contributed by atoms with Gasteiger partial charge in [0.1, 0.15) is 0 Å². The van der Waals surface area contributed by atoms with Crippen molar-refractivity contribution >= 4 is 29.3 Å². The predicted octanol–water partition coefficient (Wildman–Crippen LogP) is 2.80. The van der Waals surface area contributed by atoms with Crippen LogP contribution in [0.5, 0.6) is 0 Å². The SMILES string of the molecule is Cc1[nH]nc(C(N)=O)c1NC(=O)CSc1nnc(-c2ccccc2)n1-c1ccccc1. The Labute approximate surface area is 182 Å². The third kappa shape index (κ3) is 4.33. The van der Waals surface area contributed by atoms with Crippen molar-refractivity contribution in [2.75, 3.05) is 11.1 Å². The second-order valence-electron chi connectivity index (χ2n) is 6.62. The largest absolute Gasteiger partial charge is 0.364 e. The zero-order valence-electron chi connectivity index (χ0n) is 16.6. The molecule has 2 aromatic heterocycles. The number of para-hydroxylation sites is 1. The number of nitrogens with zero attached hydrogens (tertiary/aromatic N) is 4. The number of benzene rings is 2. The number of carbonyl (C=O) groups excluding carboxylic acids is 2. The van der Waals surface area contributed by atoms with Crippen LogP contribution in [-0.2, 0) is 4.79 Å². The number of aryl methyl sites for hydroxylation is 1. The van der Waals surface area contributed by atoms with Gasteiger partial charge in [0, 0.05) is 11.3 Å². The summed E-state index contributed by atoms with van der Waals surface area (Å²) in [5.74, 6) is -0.302. The standard InChI is InChI=1S/C21H19N7O2S/c1-13-17(18(19(22)30)25-24-13)23-16(29)12-31-21-27-26-20(14-8-4-2-5-9-14)28(21)15-10-6-3-7-11-15/h2-11H,12H2,1H3,(H2,22,30)(H,23,29)(H,24,25). The van der Waals surface area contributed by atoms with Crippen molar-refractivity contribution in [1.29, 1.82) is 0 Å². The fourth-order valence-corrected chi connectivity index (χ4v) is 3.77. The van der Waals surface area contributed by atoms with E-state index >= 15 is 0 Å². The Morgan fingerprint density at radius 3 is 2.42 bits per heavy atom. The van der Waals surface area contributed by atoms with Gasteiger partial charge in [0.25, 0.3) is 5.91 Å². The van der Waals surface area contributed by atoms with E-state index in [-0.39, 0.29) is 23.0 Å². The molecule has 4 aromatic rings. The van der Waals surface area contributed by atoms with Gasteiger partial charge in [-0.2, -0.15) is 5.10 Å². The first-order chi connectivity index (χ1) is 15.0. The summed E-state index contributed by atoms with van der Waals surface area (Å²) in [6, 6.07) is 19.4. The van der Waals surface area contributed by atoms with Crippen molar-refractivity contribution < 1.29 is 9.59 Å². The van der Waals surface area contributed by atoms with E-state index in [1.54, 1.807) is 6.92 Å². The molecule has 31 heavy (non-hydrogen) atoms. The van der Waals surface area contributed by atoms with Gasteiger partial charge >= 0.3 is 0 Å². The summed E-state index contributed by atoms with van der Waals surface area (Å²) < 4.78 is 1.91. The van der Waals surface area contributed by atoms with Gasteiger partial charge < -0.3 is 11.1 Å². The molecule has 0 aliphatic carbocycles. The summed E-state index contributed by atoms with van der Waals surface area (Å²) in [7, 11) is 0. The zero-order valence-corrected chi connectivity index (χ0v) is 17.4. The van der Waals surface area contributed by atoms with E-state index in [2.05, 4.69) is 25.7 Å². The highest BCUT2D eigenvalue weighted by molar-refractivity contribution is 7.99. The Balaban J connectivity index is 1.58. The fraction of sp³-hybridized carbons (Fsp3) is 0.0952. The molecule has 2 heterocycles. The minimum Gasteiger partial charge on any atom is -0.364 e. The Kier molecular flexibility index (Phi) is 5.80. The third-order valence-corrected chi connectivity index (χ3v) is 5.39. The van der Waals surface area contributed by atoms with Crippen LogP contribution in [0.1, 0.15) is 16.2 Å². The molecule has 0 atom stereocenters. The number of rotatable bonds is 7. The second kappa shape index (κ2) is 8.84. The molecule has 0 saturated heterocycles. The van der Waals surface area contributed by atoms with Crippen LogP contribution in [0.2, 0.25) is 0 Å². The molecule has 10 heteroatoms. The van der Waals surface area contributed by atoms with Crippen molar-refractivity contribution in [2.24, 2.45) is 5.73 Å². The van der Waals surface area contributed by atoms with Crippen LogP contribution >= 0.6 is 11.8 Å². The van der Waals surface area contributed by atoms with Crippen molar-refractivity contribution in [3.05, 3.63) is 72.1 Å². The van der Waals surface area contributed by atoms with Gasteiger partial charge in [0.05, 0.1) is 17.1 Å². The molecule has 0 unspecified atom stereocenters. The average molecular weight is 433 g/mol. The van der Waals surface area contributed by atoms with E-state index in [9.17, 15) is 9.59 Å².